The summed E-state index contributed by atoms with van der Waals surface area (Å²) < 4.78 is 21.8. The van der Waals surface area contributed by atoms with E-state index >= 15 is 0 Å². The Morgan fingerprint density at radius 1 is 0.564 bits per heavy atom. The first-order chi connectivity index (χ1) is 18.7. The standard InChI is InChI=1S/C23H40N4O12/c28-9-14-16(30)18(32)20(34)22(38-14)36-7-5-24-1-3-26(11-24)13-27-4-2-25(12-27)6-8-37-23-21(35)19(33)17(31)15(10-29)39-23/h1-4,14-23,28-35H,5-13H2/t14-,15-,16-,17-,18+,19+,20-,21-,22-,23-/m1/s1. The molecule has 0 radical (unpaired) electrons. The zero-order chi connectivity index (χ0) is 28.1. The molecule has 16 nitrogen and oxygen atoms in total. The fourth-order valence-electron chi connectivity index (χ4n) is 4.72. The number of ether oxygens (including phenoxy) is 4. The third-order valence-corrected chi connectivity index (χ3v) is 7.08. The van der Waals surface area contributed by atoms with Crippen LogP contribution in [0.1, 0.15) is 0 Å². The van der Waals surface area contributed by atoms with E-state index in [1.54, 1.807) is 0 Å². The number of aliphatic hydroxyl groups excluding tert-OH is 8. The quantitative estimate of drug-likeness (QED) is 0.111. The highest BCUT2D eigenvalue weighted by Crippen LogP contribution is 2.23. The van der Waals surface area contributed by atoms with Crippen LogP contribution in [-0.2, 0) is 18.9 Å². The van der Waals surface area contributed by atoms with E-state index in [0.29, 0.717) is 33.1 Å². The maximum atomic E-state index is 10.1. The number of nitrogens with zero attached hydrogens (tertiary/aromatic N) is 4. The molecule has 0 bridgehead atoms. The average molecular weight is 565 g/mol. The Balaban J connectivity index is 1.10. The van der Waals surface area contributed by atoms with Gasteiger partial charge in [0.1, 0.15) is 48.8 Å². The van der Waals surface area contributed by atoms with Gasteiger partial charge in [0, 0.05) is 37.9 Å². The van der Waals surface area contributed by atoms with Crippen molar-refractivity contribution in [1.82, 2.24) is 19.6 Å². The van der Waals surface area contributed by atoms with Gasteiger partial charge in [-0.2, -0.15) is 0 Å². The van der Waals surface area contributed by atoms with Crippen molar-refractivity contribution in [1.29, 1.82) is 0 Å². The molecule has 0 aromatic heterocycles. The molecule has 0 spiro atoms. The molecule has 4 rings (SSSR count). The molecule has 0 aliphatic carbocycles. The van der Waals surface area contributed by atoms with E-state index in [0.717, 1.165) is 0 Å². The molecule has 224 valence electrons. The maximum absolute atomic E-state index is 10.1. The summed E-state index contributed by atoms with van der Waals surface area (Å²) in [6, 6.07) is 0. The number of rotatable bonds is 12. The monoisotopic (exact) mass is 564 g/mol. The molecule has 0 saturated carbocycles. The van der Waals surface area contributed by atoms with Gasteiger partial charge in [-0.1, -0.05) is 0 Å². The van der Waals surface area contributed by atoms with Crippen molar-refractivity contribution in [2.45, 2.75) is 61.4 Å². The van der Waals surface area contributed by atoms with Crippen LogP contribution >= 0.6 is 0 Å². The lowest BCUT2D eigenvalue weighted by Crippen LogP contribution is -2.59. The zero-order valence-corrected chi connectivity index (χ0v) is 21.4. The van der Waals surface area contributed by atoms with Crippen molar-refractivity contribution in [3.05, 3.63) is 24.8 Å². The van der Waals surface area contributed by atoms with Crippen LogP contribution in [0.4, 0.5) is 0 Å². The van der Waals surface area contributed by atoms with Gasteiger partial charge in [-0.3, -0.25) is 0 Å². The highest BCUT2D eigenvalue weighted by atomic mass is 16.7. The molecule has 0 aromatic carbocycles. The third kappa shape index (κ3) is 7.29. The Kier molecular flexibility index (Phi) is 10.6. The number of aliphatic hydroxyl groups is 8. The Labute approximate surface area is 225 Å². The molecule has 0 unspecified atom stereocenters. The summed E-state index contributed by atoms with van der Waals surface area (Å²) in [5.74, 6) is 0. The fourth-order valence-corrected chi connectivity index (χ4v) is 4.72. The minimum atomic E-state index is -1.48. The van der Waals surface area contributed by atoms with Crippen molar-refractivity contribution in [3.63, 3.8) is 0 Å². The highest BCUT2D eigenvalue weighted by molar-refractivity contribution is 4.95. The Morgan fingerprint density at radius 3 is 1.33 bits per heavy atom. The minimum absolute atomic E-state index is 0.187. The number of hydrogen-bond donors (Lipinski definition) is 8. The van der Waals surface area contributed by atoms with Crippen LogP contribution in [0.2, 0.25) is 0 Å². The molecule has 4 aliphatic rings. The highest BCUT2D eigenvalue weighted by Gasteiger charge is 2.45. The van der Waals surface area contributed by atoms with E-state index in [4.69, 9.17) is 18.9 Å². The van der Waals surface area contributed by atoms with Crippen LogP contribution in [-0.4, -0.2) is 181 Å². The molecule has 10 atom stereocenters. The summed E-state index contributed by atoms with van der Waals surface area (Å²) >= 11 is 0. The van der Waals surface area contributed by atoms with Crippen LogP contribution in [0.5, 0.6) is 0 Å². The zero-order valence-electron chi connectivity index (χ0n) is 21.4. The third-order valence-electron chi connectivity index (χ3n) is 7.08. The lowest BCUT2D eigenvalue weighted by molar-refractivity contribution is -0.301. The lowest BCUT2D eigenvalue weighted by Gasteiger charge is -2.39. The summed E-state index contributed by atoms with van der Waals surface area (Å²) in [5, 5.41) is 78.1. The summed E-state index contributed by atoms with van der Waals surface area (Å²) in [7, 11) is 0. The van der Waals surface area contributed by atoms with E-state index in [9.17, 15) is 40.9 Å². The van der Waals surface area contributed by atoms with E-state index in [1.165, 1.54) is 0 Å². The van der Waals surface area contributed by atoms with E-state index in [-0.39, 0.29) is 13.2 Å². The van der Waals surface area contributed by atoms with Crippen molar-refractivity contribution < 1.29 is 59.8 Å². The second kappa shape index (κ2) is 13.7. The van der Waals surface area contributed by atoms with Crippen molar-refractivity contribution >= 4 is 0 Å². The second-order valence-corrected chi connectivity index (χ2v) is 9.96. The van der Waals surface area contributed by atoms with Gasteiger partial charge in [0.25, 0.3) is 0 Å². The Bertz CT molecular complexity index is 758. The second-order valence-electron chi connectivity index (χ2n) is 9.96. The van der Waals surface area contributed by atoms with Crippen LogP contribution in [0.15, 0.2) is 24.8 Å². The average Bonchev–Trinajstić information content (AvgIpc) is 3.58. The molecule has 0 amide bonds. The maximum Gasteiger partial charge on any atom is 0.186 e. The van der Waals surface area contributed by atoms with Gasteiger partial charge in [0.2, 0.25) is 0 Å². The topological polar surface area (TPSA) is 212 Å². The first kappa shape index (κ1) is 30.2. The molecule has 39 heavy (non-hydrogen) atoms. The van der Waals surface area contributed by atoms with Gasteiger partial charge < -0.3 is 79.4 Å². The van der Waals surface area contributed by atoms with Crippen LogP contribution in [0.25, 0.3) is 0 Å². The molecule has 2 fully saturated rings. The van der Waals surface area contributed by atoms with Crippen LogP contribution in [0, 0.1) is 0 Å². The number of hydrogen-bond acceptors (Lipinski definition) is 16. The largest absolute Gasteiger partial charge is 0.394 e. The Morgan fingerprint density at radius 2 is 0.949 bits per heavy atom. The summed E-state index contributed by atoms with van der Waals surface area (Å²) in [4.78, 5) is 8.14. The first-order valence-electron chi connectivity index (χ1n) is 12.9. The lowest BCUT2D eigenvalue weighted by atomic mass is 9.99. The SMILES string of the molecule is OC[C@H]1O[C@@H](OCCN2C=CN(CN3C=CN(CCO[C@@H]4O[C@H](CO)[C@@H](O)[C@H](O)[C@H]4O)C3)C2)[C@H](O)[C@@H](O)[C@@H]1O. The van der Waals surface area contributed by atoms with Crippen molar-refractivity contribution in [2.75, 3.05) is 59.5 Å². The molecule has 16 heteroatoms. The summed E-state index contributed by atoms with van der Waals surface area (Å²) in [6.45, 7) is 2.13. The minimum Gasteiger partial charge on any atom is -0.394 e. The van der Waals surface area contributed by atoms with Crippen LogP contribution in [0.3, 0.4) is 0 Å². The predicted octanol–water partition coefficient (Wildman–Crippen LogP) is -5.33. The van der Waals surface area contributed by atoms with Gasteiger partial charge in [-0.05, 0) is 0 Å². The summed E-state index contributed by atoms with van der Waals surface area (Å²) in [6.07, 6.45) is -5.32. The van der Waals surface area contributed by atoms with E-state index in [1.807, 2.05) is 34.6 Å². The normalized spacial score (nSPS) is 38.9. The molecular formula is C23H40N4O12. The van der Waals surface area contributed by atoms with Gasteiger partial charge in [-0.25, -0.2) is 0 Å². The van der Waals surface area contributed by atoms with Gasteiger partial charge in [0.05, 0.1) is 46.4 Å². The van der Waals surface area contributed by atoms with E-state index < -0.39 is 74.6 Å². The van der Waals surface area contributed by atoms with Crippen molar-refractivity contribution in [3.8, 4) is 0 Å². The molecule has 0 aromatic rings. The van der Waals surface area contributed by atoms with Crippen molar-refractivity contribution in [2.24, 2.45) is 0 Å². The van der Waals surface area contributed by atoms with Gasteiger partial charge >= 0.3 is 0 Å². The van der Waals surface area contributed by atoms with E-state index in [2.05, 4.69) is 9.80 Å². The molecule has 8 N–H and O–H groups in total. The first-order valence-corrected chi connectivity index (χ1v) is 12.9. The summed E-state index contributed by atoms with van der Waals surface area (Å²) in [5.41, 5.74) is 0. The Hall–Kier alpha value is -1.80. The molecule has 2 saturated heterocycles. The smallest absolute Gasteiger partial charge is 0.186 e. The molecule has 4 aliphatic heterocycles. The predicted molar refractivity (Wildman–Crippen MR) is 129 cm³/mol. The fraction of sp³-hybridized carbons (Fsp3) is 0.826. The molecule has 4 heterocycles. The van der Waals surface area contributed by atoms with Crippen LogP contribution < -0.4 is 0 Å². The van der Waals surface area contributed by atoms with Gasteiger partial charge in [0.15, 0.2) is 12.6 Å². The van der Waals surface area contributed by atoms with Gasteiger partial charge in [-0.15, -0.1) is 0 Å². The molecular weight excluding hydrogens is 524 g/mol.